The Kier molecular flexibility index (Phi) is 9.70. The van der Waals surface area contributed by atoms with Crippen LogP contribution in [-0.2, 0) is 27.2 Å². The van der Waals surface area contributed by atoms with Crippen molar-refractivity contribution >= 4 is 47.1 Å². The zero-order valence-corrected chi connectivity index (χ0v) is 21.8. The molecule has 12 heteroatoms. The van der Waals surface area contributed by atoms with Gasteiger partial charge in [0.1, 0.15) is 16.9 Å². The average molecular weight is 576 g/mol. The Morgan fingerprint density at radius 1 is 0.828 bits per heavy atom. The van der Waals surface area contributed by atoms with Crippen LogP contribution in [0.2, 0.25) is 0 Å². The fourth-order valence-corrected chi connectivity index (χ4v) is 9.17. The fourth-order valence-electron chi connectivity index (χ4n) is 2.97. The molecular formula is C17H26Br2N2O6P2. The third-order valence-electron chi connectivity index (χ3n) is 4.00. The first-order valence-electron chi connectivity index (χ1n) is 9.41. The van der Waals surface area contributed by atoms with Gasteiger partial charge < -0.3 is 18.1 Å². The Labute approximate surface area is 187 Å². The predicted octanol–water partition coefficient (Wildman–Crippen LogP) is 5.04. The highest BCUT2D eigenvalue weighted by Crippen LogP contribution is 2.71. The molecule has 1 heterocycles. The first-order chi connectivity index (χ1) is 13.7. The molecular weight excluding hydrogens is 550 g/mol. The fraction of sp³-hybridized carbons (Fsp3) is 0.647. The van der Waals surface area contributed by atoms with E-state index in [0.717, 1.165) is 8.95 Å². The topological polar surface area (TPSA) is 95.8 Å². The first-order valence-corrected chi connectivity index (χ1v) is 14.2. The molecule has 0 bridgehead atoms. The number of halogens is 2. The molecule has 2 rings (SSSR count). The first kappa shape index (κ1) is 25.3. The van der Waals surface area contributed by atoms with Gasteiger partial charge in [-0.1, -0.05) is 0 Å². The van der Waals surface area contributed by atoms with Gasteiger partial charge in [-0.15, -0.1) is 0 Å². The molecule has 0 aliphatic carbocycles. The Bertz CT molecular complexity index is 838. The molecule has 0 atom stereocenters. The lowest BCUT2D eigenvalue weighted by Crippen LogP contribution is -2.24. The summed E-state index contributed by atoms with van der Waals surface area (Å²) in [5.74, 6) is 0. The van der Waals surface area contributed by atoms with Crippen molar-refractivity contribution < 1.29 is 27.2 Å². The minimum absolute atomic E-state index is 0.0299. The molecule has 0 unspecified atom stereocenters. The van der Waals surface area contributed by atoms with Gasteiger partial charge in [-0.3, -0.25) is 19.1 Å². The zero-order chi connectivity index (χ0) is 21.7. The summed E-state index contributed by atoms with van der Waals surface area (Å²) in [5.41, 5.74) is 0. The monoisotopic (exact) mass is 574 g/mol. The highest BCUT2D eigenvalue weighted by atomic mass is 79.9. The van der Waals surface area contributed by atoms with Crippen LogP contribution in [0.1, 0.15) is 34.1 Å². The lowest BCUT2D eigenvalue weighted by molar-refractivity contribution is 0.192. The van der Waals surface area contributed by atoms with Crippen LogP contribution < -0.4 is 10.7 Å². The summed E-state index contributed by atoms with van der Waals surface area (Å²) >= 11 is 6.94. The number of rotatable bonds is 12. The quantitative estimate of drug-likeness (QED) is 0.324. The Morgan fingerprint density at radius 2 is 1.17 bits per heavy atom. The van der Waals surface area contributed by atoms with E-state index in [1.165, 1.54) is 0 Å². The molecule has 1 aromatic carbocycles. The summed E-state index contributed by atoms with van der Waals surface area (Å²) in [6.45, 7) is 7.30. The number of benzene rings is 1. The van der Waals surface area contributed by atoms with Crippen molar-refractivity contribution in [1.29, 1.82) is 0 Å². The maximum absolute atomic E-state index is 13.6. The van der Waals surface area contributed by atoms with Gasteiger partial charge in [-0.2, -0.15) is 0 Å². The molecule has 0 saturated heterocycles. The van der Waals surface area contributed by atoms with E-state index in [9.17, 15) is 9.13 Å². The van der Waals surface area contributed by atoms with E-state index in [1.54, 1.807) is 27.7 Å². The maximum Gasteiger partial charge on any atom is 0.345 e. The van der Waals surface area contributed by atoms with Crippen LogP contribution in [0.3, 0.4) is 0 Å². The van der Waals surface area contributed by atoms with Gasteiger partial charge in [-0.05, 0) is 71.7 Å². The van der Waals surface area contributed by atoms with Crippen LogP contribution in [0.5, 0.6) is 0 Å². The SMILES string of the molecule is CCOP(=O)(OCC)C(CC1N=c2c(Br)ccc(Br)c2=N1)P(=O)(OCC)OCC. The average Bonchev–Trinajstić information content (AvgIpc) is 3.09. The lowest BCUT2D eigenvalue weighted by atomic mass is 10.3. The van der Waals surface area contributed by atoms with Crippen LogP contribution in [0.15, 0.2) is 31.1 Å². The minimum atomic E-state index is -3.84. The van der Waals surface area contributed by atoms with E-state index in [4.69, 9.17) is 18.1 Å². The Hall–Kier alpha value is 0.0800. The molecule has 0 amide bonds. The largest absolute Gasteiger partial charge is 0.345 e. The van der Waals surface area contributed by atoms with E-state index in [1.807, 2.05) is 12.1 Å². The lowest BCUT2D eigenvalue weighted by Gasteiger charge is -2.31. The number of fused-ring (bicyclic) bond motifs is 1. The van der Waals surface area contributed by atoms with Gasteiger partial charge in [0.15, 0.2) is 5.40 Å². The molecule has 0 aromatic heterocycles. The van der Waals surface area contributed by atoms with Crippen molar-refractivity contribution in [2.45, 2.75) is 45.7 Å². The standard InChI is InChI=1S/C17H26Br2N2O6P2/c1-5-24-28(22,25-6-2)15(29(23,26-7-3)27-8-4)11-14-20-16-12(18)9-10-13(19)17(16)21-14/h9-10,14-15H,5-8,11H2,1-4H3. The summed E-state index contributed by atoms with van der Waals surface area (Å²) in [5, 5.41) is 0.195. The van der Waals surface area contributed by atoms with Crippen LogP contribution in [0, 0.1) is 0 Å². The Balaban J connectivity index is 2.52. The van der Waals surface area contributed by atoms with Gasteiger partial charge in [0.2, 0.25) is 0 Å². The predicted molar refractivity (Wildman–Crippen MR) is 118 cm³/mol. The molecule has 1 aliphatic heterocycles. The number of hydrogen-bond acceptors (Lipinski definition) is 8. The number of hydrogen-bond donors (Lipinski definition) is 0. The van der Waals surface area contributed by atoms with Crippen LogP contribution in [0.4, 0.5) is 0 Å². The molecule has 8 nitrogen and oxygen atoms in total. The third kappa shape index (κ3) is 5.86. The molecule has 0 N–H and O–H groups in total. The van der Waals surface area contributed by atoms with Gasteiger partial charge >= 0.3 is 15.2 Å². The molecule has 164 valence electrons. The smallest absolute Gasteiger partial charge is 0.308 e. The molecule has 0 radical (unpaired) electrons. The summed E-state index contributed by atoms with van der Waals surface area (Å²) < 4.78 is 50.8. The summed E-state index contributed by atoms with van der Waals surface area (Å²) in [6.07, 6.45) is -0.601. The van der Waals surface area contributed by atoms with E-state index in [-0.39, 0.29) is 32.8 Å². The van der Waals surface area contributed by atoms with E-state index < -0.39 is 26.8 Å². The second-order valence-electron chi connectivity index (χ2n) is 5.93. The minimum Gasteiger partial charge on any atom is -0.308 e. The van der Waals surface area contributed by atoms with Gasteiger partial charge in [0.25, 0.3) is 0 Å². The second kappa shape index (κ2) is 11.1. The van der Waals surface area contributed by atoms with Crippen molar-refractivity contribution in [2.24, 2.45) is 9.98 Å². The van der Waals surface area contributed by atoms with Crippen molar-refractivity contribution in [2.75, 3.05) is 26.4 Å². The van der Waals surface area contributed by atoms with Crippen LogP contribution in [0.25, 0.3) is 0 Å². The molecule has 0 spiro atoms. The highest BCUT2D eigenvalue weighted by molar-refractivity contribution is 9.11. The van der Waals surface area contributed by atoms with Gasteiger partial charge in [0, 0.05) is 15.4 Å². The van der Waals surface area contributed by atoms with Gasteiger partial charge in [-0.25, -0.2) is 0 Å². The molecule has 1 aromatic rings. The van der Waals surface area contributed by atoms with E-state index in [0.29, 0.717) is 10.7 Å². The van der Waals surface area contributed by atoms with E-state index >= 15 is 0 Å². The maximum atomic E-state index is 13.6. The summed E-state index contributed by atoms with van der Waals surface area (Å²) in [6, 6.07) is 3.72. The third-order valence-corrected chi connectivity index (χ3v) is 11.3. The summed E-state index contributed by atoms with van der Waals surface area (Å²) in [4.78, 5) is 9.22. The molecule has 1 aliphatic rings. The van der Waals surface area contributed by atoms with Gasteiger partial charge in [0.05, 0.1) is 26.4 Å². The molecule has 0 fully saturated rings. The highest BCUT2D eigenvalue weighted by Gasteiger charge is 2.51. The molecule has 0 saturated carbocycles. The molecule has 29 heavy (non-hydrogen) atoms. The summed E-state index contributed by atoms with van der Waals surface area (Å²) in [7, 11) is -7.68. The number of nitrogens with zero attached hydrogens (tertiary/aromatic N) is 2. The normalized spacial score (nSPS) is 14.7. The van der Waals surface area contributed by atoms with Crippen LogP contribution >= 0.6 is 47.1 Å². The second-order valence-corrected chi connectivity index (χ2v) is 12.5. The van der Waals surface area contributed by atoms with Crippen LogP contribution in [-0.4, -0.2) is 38.0 Å². The van der Waals surface area contributed by atoms with Crippen molar-refractivity contribution in [1.82, 2.24) is 0 Å². The Morgan fingerprint density at radius 3 is 1.48 bits per heavy atom. The van der Waals surface area contributed by atoms with Crippen molar-refractivity contribution in [3.05, 3.63) is 31.8 Å². The van der Waals surface area contributed by atoms with Crippen molar-refractivity contribution in [3.8, 4) is 0 Å². The van der Waals surface area contributed by atoms with E-state index in [2.05, 4.69) is 41.8 Å². The van der Waals surface area contributed by atoms with Crippen molar-refractivity contribution in [3.63, 3.8) is 0 Å². The zero-order valence-electron chi connectivity index (χ0n) is 16.8.